The van der Waals surface area contributed by atoms with E-state index in [4.69, 9.17) is 16.3 Å². The Kier molecular flexibility index (Phi) is 6.44. The standard InChI is InChI=1S/C22H26ClN3O5S/c1-15(21(27)25-9-11-31-12-10-25)26-8-7-20(22(26)28)24(2)32(29,30)19-6-4-16-13-18(23)5-3-17(16)14-19/h3-6,13-15,20H,7-12H2,1-2H3/t15-,20-/m0/s1. The van der Waals surface area contributed by atoms with Gasteiger partial charge >= 0.3 is 0 Å². The summed E-state index contributed by atoms with van der Waals surface area (Å²) >= 11 is 6.01. The van der Waals surface area contributed by atoms with Crippen LogP contribution >= 0.6 is 11.6 Å². The van der Waals surface area contributed by atoms with Gasteiger partial charge in [-0.2, -0.15) is 4.31 Å². The van der Waals surface area contributed by atoms with E-state index in [1.807, 2.05) is 0 Å². The van der Waals surface area contributed by atoms with E-state index in [0.717, 1.165) is 15.1 Å². The minimum Gasteiger partial charge on any atom is -0.378 e. The van der Waals surface area contributed by atoms with Crippen LogP contribution in [0.4, 0.5) is 0 Å². The van der Waals surface area contributed by atoms with Crippen LogP contribution in [0.25, 0.3) is 10.8 Å². The minimum atomic E-state index is -3.91. The highest BCUT2D eigenvalue weighted by molar-refractivity contribution is 7.89. The molecular formula is C22H26ClN3O5S. The zero-order valence-electron chi connectivity index (χ0n) is 18.0. The average molecular weight is 480 g/mol. The summed E-state index contributed by atoms with van der Waals surface area (Å²) in [5.41, 5.74) is 0. The Balaban J connectivity index is 1.51. The van der Waals surface area contributed by atoms with Gasteiger partial charge in [0, 0.05) is 31.7 Å². The Bertz CT molecular complexity index is 1150. The van der Waals surface area contributed by atoms with E-state index in [1.54, 1.807) is 42.2 Å². The van der Waals surface area contributed by atoms with E-state index >= 15 is 0 Å². The first-order chi connectivity index (χ1) is 15.2. The van der Waals surface area contributed by atoms with Crippen molar-refractivity contribution in [1.82, 2.24) is 14.1 Å². The number of likely N-dealkylation sites (N-methyl/N-ethyl adjacent to an activating group) is 1. The van der Waals surface area contributed by atoms with Crippen LogP contribution in [0.1, 0.15) is 13.3 Å². The number of halogens is 1. The van der Waals surface area contributed by atoms with Crippen molar-refractivity contribution in [3.8, 4) is 0 Å². The first-order valence-corrected chi connectivity index (χ1v) is 12.4. The summed E-state index contributed by atoms with van der Waals surface area (Å²) in [6, 6.07) is 8.54. The van der Waals surface area contributed by atoms with Gasteiger partial charge in [-0.15, -0.1) is 0 Å². The van der Waals surface area contributed by atoms with Crippen molar-refractivity contribution in [2.45, 2.75) is 30.3 Å². The van der Waals surface area contributed by atoms with Crippen molar-refractivity contribution in [3.05, 3.63) is 41.4 Å². The Morgan fingerprint density at radius 1 is 1.12 bits per heavy atom. The smallest absolute Gasteiger partial charge is 0.245 e. The molecule has 0 aliphatic carbocycles. The molecule has 10 heteroatoms. The van der Waals surface area contributed by atoms with Crippen LogP contribution in [0.3, 0.4) is 0 Å². The second kappa shape index (κ2) is 8.97. The second-order valence-electron chi connectivity index (χ2n) is 8.12. The van der Waals surface area contributed by atoms with E-state index in [0.29, 0.717) is 44.3 Å². The van der Waals surface area contributed by atoms with Gasteiger partial charge in [0.25, 0.3) is 0 Å². The van der Waals surface area contributed by atoms with Gasteiger partial charge in [-0.1, -0.05) is 23.7 Å². The molecule has 2 heterocycles. The fourth-order valence-corrected chi connectivity index (χ4v) is 5.84. The largest absolute Gasteiger partial charge is 0.378 e. The maximum Gasteiger partial charge on any atom is 0.245 e. The van der Waals surface area contributed by atoms with E-state index in [-0.39, 0.29) is 16.7 Å². The predicted molar refractivity (Wildman–Crippen MR) is 121 cm³/mol. The van der Waals surface area contributed by atoms with E-state index in [1.165, 1.54) is 18.0 Å². The third-order valence-electron chi connectivity index (χ3n) is 6.25. The highest BCUT2D eigenvalue weighted by atomic mass is 35.5. The summed E-state index contributed by atoms with van der Waals surface area (Å²) in [7, 11) is -2.49. The molecule has 2 saturated heterocycles. The zero-order valence-corrected chi connectivity index (χ0v) is 19.6. The number of hydrogen-bond donors (Lipinski definition) is 0. The Morgan fingerprint density at radius 2 is 1.78 bits per heavy atom. The lowest BCUT2D eigenvalue weighted by atomic mass is 10.1. The first-order valence-electron chi connectivity index (χ1n) is 10.5. The van der Waals surface area contributed by atoms with Crippen LogP contribution in [-0.4, -0.2) is 86.3 Å². The third-order valence-corrected chi connectivity index (χ3v) is 8.35. The van der Waals surface area contributed by atoms with Gasteiger partial charge in [-0.25, -0.2) is 8.42 Å². The van der Waals surface area contributed by atoms with Crippen molar-refractivity contribution < 1.29 is 22.7 Å². The molecule has 2 aliphatic heterocycles. The van der Waals surface area contributed by atoms with Gasteiger partial charge in [0.1, 0.15) is 12.1 Å². The number of nitrogens with zero attached hydrogens (tertiary/aromatic N) is 3. The highest BCUT2D eigenvalue weighted by Gasteiger charge is 2.43. The number of amides is 2. The predicted octanol–water partition coefficient (Wildman–Crippen LogP) is 1.96. The number of hydrogen-bond acceptors (Lipinski definition) is 5. The zero-order chi connectivity index (χ0) is 23.0. The van der Waals surface area contributed by atoms with E-state index in [9.17, 15) is 18.0 Å². The number of fused-ring (bicyclic) bond motifs is 1. The molecule has 0 saturated carbocycles. The number of rotatable bonds is 5. The third kappa shape index (κ3) is 4.22. The van der Waals surface area contributed by atoms with Crippen molar-refractivity contribution in [1.29, 1.82) is 0 Å². The lowest BCUT2D eigenvalue weighted by molar-refractivity contribution is -0.146. The quantitative estimate of drug-likeness (QED) is 0.654. The van der Waals surface area contributed by atoms with Crippen LogP contribution in [0, 0.1) is 0 Å². The number of benzene rings is 2. The maximum absolute atomic E-state index is 13.3. The summed E-state index contributed by atoms with van der Waals surface area (Å²) in [6.45, 7) is 3.98. The molecule has 2 aromatic carbocycles. The molecule has 0 spiro atoms. The molecule has 2 aliphatic rings. The number of morpholine rings is 1. The summed E-state index contributed by atoms with van der Waals surface area (Å²) in [5.74, 6) is -0.487. The summed E-state index contributed by atoms with van der Waals surface area (Å²) in [4.78, 5) is 29.2. The number of sulfonamides is 1. The first kappa shape index (κ1) is 23.0. The molecule has 0 unspecified atom stereocenters. The lowest BCUT2D eigenvalue weighted by Crippen LogP contribution is -2.52. The number of carbonyl (C=O) groups excluding carboxylic acids is 2. The molecule has 32 heavy (non-hydrogen) atoms. The molecule has 0 bridgehead atoms. The van der Waals surface area contributed by atoms with Crippen molar-refractivity contribution in [3.63, 3.8) is 0 Å². The fraction of sp³-hybridized carbons (Fsp3) is 0.455. The van der Waals surface area contributed by atoms with Crippen molar-refractivity contribution >= 4 is 44.2 Å². The molecule has 2 atom stereocenters. The van der Waals surface area contributed by atoms with Crippen LogP contribution in [-0.2, 0) is 24.3 Å². The summed E-state index contributed by atoms with van der Waals surface area (Å²) in [5, 5.41) is 2.15. The van der Waals surface area contributed by atoms with Gasteiger partial charge in [-0.3, -0.25) is 9.59 Å². The number of likely N-dealkylation sites (tertiary alicyclic amines) is 1. The molecule has 2 fully saturated rings. The Morgan fingerprint density at radius 3 is 2.50 bits per heavy atom. The summed E-state index contributed by atoms with van der Waals surface area (Å²) < 4.78 is 33.0. The Labute approximate surface area is 192 Å². The van der Waals surface area contributed by atoms with E-state index < -0.39 is 22.1 Å². The molecule has 172 valence electrons. The molecular weight excluding hydrogens is 454 g/mol. The van der Waals surface area contributed by atoms with Crippen LogP contribution in [0.15, 0.2) is 41.3 Å². The second-order valence-corrected chi connectivity index (χ2v) is 10.6. The van der Waals surface area contributed by atoms with Crippen molar-refractivity contribution in [2.75, 3.05) is 39.9 Å². The van der Waals surface area contributed by atoms with Crippen LogP contribution in [0.2, 0.25) is 5.02 Å². The van der Waals surface area contributed by atoms with Crippen molar-refractivity contribution in [2.24, 2.45) is 0 Å². The molecule has 2 aromatic rings. The molecule has 2 amide bonds. The maximum atomic E-state index is 13.3. The topological polar surface area (TPSA) is 87.2 Å². The van der Waals surface area contributed by atoms with Gasteiger partial charge < -0.3 is 14.5 Å². The molecule has 4 rings (SSSR count). The highest BCUT2D eigenvalue weighted by Crippen LogP contribution is 2.28. The minimum absolute atomic E-state index is 0.110. The average Bonchev–Trinajstić information content (AvgIpc) is 3.18. The van der Waals surface area contributed by atoms with Gasteiger partial charge in [-0.05, 0) is 48.4 Å². The fourth-order valence-electron chi connectivity index (χ4n) is 4.28. The molecule has 8 nitrogen and oxygen atoms in total. The van der Waals surface area contributed by atoms with Crippen LogP contribution < -0.4 is 0 Å². The van der Waals surface area contributed by atoms with Crippen LogP contribution in [0.5, 0.6) is 0 Å². The number of carbonyl (C=O) groups is 2. The molecule has 0 radical (unpaired) electrons. The molecule has 0 aromatic heterocycles. The van der Waals surface area contributed by atoms with E-state index in [2.05, 4.69) is 0 Å². The van der Waals surface area contributed by atoms with Gasteiger partial charge in [0.05, 0.1) is 18.1 Å². The lowest BCUT2D eigenvalue weighted by Gasteiger charge is -2.33. The monoisotopic (exact) mass is 479 g/mol. The van der Waals surface area contributed by atoms with Gasteiger partial charge in [0.2, 0.25) is 21.8 Å². The molecule has 0 N–H and O–H groups in total. The number of ether oxygens (including phenoxy) is 1. The SMILES string of the molecule is C[C@@H](C(=O)N1CCOCC1)N1CC[C@H](N(C)S(=O)(=O)c2ccc3cc(Cl)ccc3c2)C1=O. The normalized spacial score (nSPS) is 20.9. The summed E-state index contributed by atoms with van der Waals surface area (Å²) in [6.07, 6.45) is 0.332. The Hall–Kier alpha value is -2.20. The van der Waals surface area contributed by atoms with Gasteiger partial charge in [0.15, 0.2) is 0 Å².